The average molecular weight is 293 g/mol. The summed E-state index contributed by atoms with van der Waals surface area (Å²) in [5, 5.41) is 10.9. The Kier molecular flexibility index (Phi) is 5.50. The van der Waals surface area contributed by atoms with Crippen molar-refractivity contribution in [1.82, 2.24) is 5.32 Å². The van der Waals surface area contributed by atoms with E-state index in [9.17, 15) is 22.4 Å². The monoisotopic (exact) mass is 293 g/mol. The lowest BCUT2D eigenvalue weighted by Crippen LogP contribution is -2.48. The lowest BCUT2D eigenvalue weighted by atomic mass is 9.99. The number of hydrogen-bond acceptors (Lipinski definition) is 2. The highest BCUT2D eigenvalue weighted by atomic mass is 19.4. The van der Waals surface area contributed by atoms with Gasteiger partial charge < -0.3 is 5.11 Å². The van der Waals surface area contributed by atoms with Gasteiger partial charge in [0.15, 0.2) is 0 Å². The third-order valence-electron chi connectivity index (χ3n) is 2.88. The van der Waals surface area contributed by atoms with Gasteiger partial charge >= 0.3 is 12.1 Å². The van der Waals surface area contributed by atoms with Crippen molar-refractivity contribution in [3.8, 4) is 0 Å². The first kappa shape index (κ1) is 16.4. The van der Waals surface area contributed by atoms with Crippen LogP contribution in [0, 0.1) is 5.92 Å². The van der Waals surface area contributed by atoms with Crippen LogP contribution in [0.15, 0.2) is 30.3 Å². The van der Waals surface area contributed by atoms with Crippen LogP contribution in [0.25, 0.3) is 0 Å². The quantitative estimate of drug-likeness (QED) is 0.793. The molecule has 2 N–H and O–H groups in total. The molecule has 0 heterocycles. The van der Waals surface area contributed by atoms with Crippen LogP contribution in [-0.2, 0) is 4.79 Å². The summed E-state index contributed by atoms with van der Waals surface area (Å²) in [6, 6.07) is 3.10. The highest BCUT2D eigenvalue weighted by Gasteiger charge is 2.43. The van der Waals surface area contributed by atoms with E-state index < -0.39 is 36.8 Å². The molecular weight excluding hydrogens is 278 g/mol. The molecule has 0 aliphatic carbocycles. The molecule has 3 nitrogen and oxygen atoms in total. The van der Waals surface area contributed by atoms with Crippen molar-refractivity contribution < 1.29 is 27.5 Å². The lowest BCUT2D eigenvalue weighted by Gasteiger charge is -2.28. The molecule has 0 spiro atoms. The van der Waals surface area contributed by atoms with E-state index in [0.717, 1.165) is 0 Å². The van der Waals surface area contributed by atoms with Crippen LogP contribution in [0.2, 0.25) is 0 Å². The highest BCUT2D eigenvalue weighted by Crippen LogP contribution is 2.33. The molecule has 0 aliphatic heterocycles. The van der Waals surface area contributed by atoms with E-state index in [-0.39, 0.29) is 5.56 Å². The molecule has 1 aromatic carbocycles. The van der Waals surface area contributed by atoms with Crippen LogP contribution in [0.5, 0.6) is 0 Å². The Balaban J connectivity index is 3.04. The standard InChI is InChI=1S/C13H15F4NO2/c1-8(7-14)10(12(19)20)18-11(13(15,16)17)9-5-3-2-4-6-9/h2-6,8,10-11,18H,7H2,1H3,(H,19,20)/t8?,10-,11+/m0/s1. The van der Waals surface area contributed by atoms with Gasteiger partial charge in [0.25, 0.3) is 0 Å². The lowest BCUT2D eigenvalue weighted by molar-refractivity contribution is -0.164. The molecule has 0 radical (unpaired) electrons. The van der Waals surface area contributed by atoms with Crippen LogP contribution in [0.1, 0.15) is 18.5 Å². The summed E-state index contributed by atoms with van der Waals surface area (Å²) < 4.78 is 51.7. The van der Waals surface area contributed by atoms with Crippen molar-refractivity contribution in [3.05, 3.63) is 35.9 Å². The van der Waals surface area contributed by atoms with Gasteiger partial charge in [0.1, 0.15) is 12.1 Å². The fourth-order valence-electron chi connectivity index (χ4n) is 1.77. The van der Waals surface area contributed by atoms with Gasteiger partial charge in [-0.3, -0.25) is 14.5 Å². The number of carboxylic acid groups (broad SMARTS) is 1. The summed E-state index contributed by atoms with van der Waals surface area (Å²) >= 11 is 0. The van der Waals surface area contributed by atoms with Crippen molar-refractivity contribution in [2.75, 3.05) is 6.67 Å². The van der Waals surface area contributed by atoms with E-state index in [1.807, 2.05) is 5.32 Å². The average Bonchev–Trinajstić information content (AvgIpc) is 2.38. The predicted octanol–water partition coefficient (Wildman–Crippen LogP) is 2.94. The molecule has 0 bridgehead atoms. The fourth-order valence-corrected chi connectivity index (χ4v) is 1.77. The second-order valence-corrected chi connectivity index (χ2v) is 4.50. The third-order valence-corrected chi connectivity index (χ3v) is 2.88. The Morgan fingerprint density at radius 3 is 2.25 bits per heavy atom. The van der Waals surface area contributed by atoms with E-state index in [2.05, 4.69) is 0 Å². The van der Waals surface area contributed by atoms with Crippen molar-refractivity contribution in [3.63, 3.8) is 0 Å². The molecule has 1 unspecified atom stereocenters. The predicted molar refractivity (Wildman–Crippen MR) is 64.9 cm³/mol. The van der Waals surface area contributed by atoms with Gasteiger partial charge in [0, 0.05) is 5.92 Å². The number of aliphatic carboxylic acids is 1. The second-order valence-electron chi connectivity index (χ2n) is 4.50. The summed E-state index contributed by atoms with van der Waals surface area (Å²) in [7, 11) is 0. The number of nitrogens with one attached hydrogen (secondary N) is 1. The zero-order chi connectivity index (χ0) is 15.3. The molecule has 0 saturated heterocycles. The van der Waals surface area contributed by atoms with Crippen LogP contribution < -0.4 is 5.32 Å². The third kappa shape index (κ3) is 4.19. The summed E-state index contributed by atoms with van der Waals surface area (Å²) in [6.45, 7) is 0.216. The van der Waals surface area contributed by atoms with E-state index in [4.69, 9.17) is 5.11 Å². The van der Waals surface area contributed by atoms with E-state index in [1.54, 1.807) is 6.07 Å². The van der Waals surface area contributed by atoms with Gasteiger partial charge in [-0.25, -0.2) is 0 Å². The van der Waals surface area contributed by atoms with Gasteiger partial charge in [-0.2, -0.15) is 13.2 Å². The summed E-state index contributed by atoms with van der Waals surface area (Å²) in [5.41, 5.74) is -0.114. The second kappa shape index (κ2) is 6.69. The maximum absolute atomic E-state index is 13.0. The minimum Gasteiger partial charge on any atom is -0.480 e. The molecule has 7 heteroatoms. The van der Waals surface area contributed by atoms with Gasteiger partial charge in [0.05, 0.1) is 6.67 Å². The molecule has 1 aromatic rings. The Morgan fingerprint density at radius 1 is 1.30 bits per heavy atom. The zero-order valence-corrected chi connectivity index (χ0v) is 10.7. The SMILES string of the molecule is CC(CF)[C@H](N[C@H](c1ccccc1)C(F)(F)F)C(=O)O. The molecular formula is C13H15F4NO2. The topological polar surface area (TPSA) is 49.3 Å². The Hall–Kier alpha value is -1.63. The Bertz CT molecular complexity index is 436. The number of carboxylic acids is 1. The van der Waals surface area contributed by atoms with Gasteiger partial charge in [-0.05, 0) is 5.56 Å². The van der Waals surface area contributed by atoms with E-state index in [0.29, 0.717) is 0 Å². The van der Waals surface area contributed by atoms with E-state index >= 15 is 0 Å². The van der Waals surface area contributed by atoms with Gasteiger partial charge in [-0.15, -0.1) is 0 Å². The highest BCUT2D eigenvalue weighted by molar-refractivity contribution is 5.74. The van der Waals surface area contributed by atoms with Crippen LogP contribution in [0.3, 0.4) is 0 Å². The number of rotatable bonds is 6. The van der Waals surface area contributed by atoms with Crippen molar-refractivity contribution in [1.29, 1.82) is 0 Å². The molecule has 112 valence electrons. The summed E-state index contributed by atoms with van der Waals surface area (Å²) in [5.74, 6) is -2.58. The van der Waals surface area contributed by atoms with Crippen molar-refractivity contribution in [2.24, 2.45) is 5.92 Å². The molecule has 0 aromatic heterocycles. The Morgan fingerprint density at radius 2 is 1.85 bits per heavy atom. The molecule has 1 rings (SSSR count). The maximum Gasteiger partial charge on any atom is 0.407 e. The van der Waals surface area contributed by atoms with Crippen LogP contribution >= 0.6 is 0 Å². The number of carbonyl (C=O) groups is 1. The number of alkyl halides is 4. The number of hydrogen-bond donors (Lipinski definition) is 2. The molecule has 0 aliphatic rings. The maximum atomic E-state index is 13.0. The zero-order valence-electron chi connectivity index (χ0n) is 10.7. The van der Waals surface area contributed by atoms with Gasteiger partial charge in [0.2, 0.25) is 0 Å². The molecule has 0 saturated carbocycles. The van der Waals surface area contributed by atoms with Crippen molar-refractivity contribution in [2.45, 2.75) is 25.2 Å². The first-order chi connectivity index (χ1) is 9.27. The minimum absolute atomic E-state index is 0.114. The molecule has 0 amide bonds. The van der Waals surface area contributed by atoms with Crippen LogP contribution in [0.4, 0.5) is 17.6 Å². The van der Waals surface area contributed by atoms with Crippen molar-refractivity contribution >= 4 is 5.97 Å². The fraction of sp³-hybridized carbons (Fsp3) is 0.462. The number of halogens is 4. The smallest absolute Gasteiger partial charge is 0.407 e. The molecule has 0 fully saturated rings. The molecule has 3 atom stereocenters. The van der Waals surface area contributed by atoms with Gasteiger partial charge in [-0.1, -0.05) is 37.3 Å². The molecule has 20 heavy (non-hydrogen) atoms. The Labute approximate surface area is 113 Å². The number of benzene rings is 1. The normalized spacial score (nSPS) is 16.4. The summed E-state index contributed by atoms with van der Waals surface area (Å²) in [4.78, 5) is 11.0. The first-order valence-corrected chi connectivity index (χ1v) is 5.93. The largest absolute Gasteiger partial charge is 0.480 e. The summed E-state index contributed by atoms with van der Waals surface area (Å²) in [6.07, 6.45) is -4.68. The first-order valence-electron chi connectivity index (χ1n) is 5.93. The van der Waals surface area contributed by atoms with E-state index in [1.165, 1.54) is 31.2 Å². The minimum atomic E-state index is -4.68. The van der Waals surface area contributed by atoms with Crippen LogP contribution in [-0.4, -0.2) is 30.0 Å².